The lowest BCUT2D eigenvalue weighted by molar-refractivity contribution is 0.551. The first-order valence-corrected chi connectivity index (χ1v) is 6.84. The summed E-state index contributed by atoms with van der Waals surface area (Å²) in [5.41, 5.74) is 3.00. The van der Waals surface area contributed by atoms with Crippen LogP contribution in [0.2, 0.25) is 0 Å². The van der Waals surface area contributed by atoms with E-state index in [1.165, 1.54) is 62.5 Å². The number of hydrogen-bond donors (Lipinski definition) is 0. The van der Waals surface area contributed by atoms with Crippen molar-refractivity contribution in [2.75, 3.05) is 0 Å². The summed E-state index contributed by atoms with van der Waals surface area (Å²) in [6, 6.07) is 9.33. The molecule has 1 aromatic rings. The zero-order valence-corrected chi connectivity index (χ0v) is 10.5. The smallest absolute Gasteiger partial charge is 0.00498 e. The Morgan fingerprint density at radius 2 is 1.62 bits per heavy atom. The Morgan fingerprint density at radius 1 is 0.938 bits per heavy atom. The molecule has 16 heavy (non-hydrogen) atoms. The van der Waals surface area contributed by atoms with Gasteiger partial charge < -0.3 is 0 Å². The molecule has 0 heteroatoms. The van der Waals surface area contributed by atoms with Crippen LogP contribution >= 0.6 is 0 Å². The predicted molar refractivity (Wildman–Crippen MR) is 70.5 cm³/mol. The van der Waals surface area contributed by atoms with E-state index in [1.807, 2.05) is 0 Å². The number of unbranched alkanes of at least 4 members (excludes halogenated alkanes) is 1. The van der Waals surface area contributed by atoms with Gasteiger partial charge in [0.2, 0.25) is 0 Å². The molecule has 0 aliphatic heterocycles. The minimum absolute atomic E-state index is 1.24. The molecule has 1 saturated carbocycles. The fraction of sp³-hybridized carbons (Fsp3) is 0.562. The van der Waals surface area contributed by atoms with Crippen molar-refractivity contribution in [1.29, 1.82) is 0 Å². The van der Waals surface area contributed by atoms with E-state index in [1.54, 1.807) is 5.92 Å². The third kappa shape index (κ3) is 3.10. The maximum atomic E-state index is 2.34. The molecule has 1 aliphatic carbocycles. The third-order valence-corrected chi connectivity index (χ3v) is 3.64. The maximum Gasteiger partial charge on any atom is 0.00498 e. The second-order valence-electron chi connectivity index (χ2n) is 4.96. The van der Waals surface area contributed by atoms with Crippen molar-refractivity contribution >= 4 is 0 Å². The predicted octanol–water partition coefficient (Wildman–Crippen LogP) is 4.92. The largest absolute Gasteiger partial charge is 0.0654 e. The van der Waals surface area contributed by atoms with Crippen LogP contribution in [0.1, 0.15) is 63.0 Å². The number of rotatable bonds is 4. The minimum atomic E-state index is 1.24. The molecule has 1 fully saturated rings. The molecule has 0 saturated heterocycles. The van der Waals surface area contributed by atoms with Crippen LogP contribution in [-0.2, 0) is 6.42 Å². The van der Waals surface area contributed by atoms with Crippen molar-refractivity contribution in [1.82, 2.24) is 0 Å². The van der Waals surface area contributed by atoms with Gasteiger partial charge in [-0.3, -0.25) is 0 Å². The van der Waals surface area contributed by atoms with Crippen LogP contribution in [0.4, 0.5) is 0 Å². The van der Waals surface area contributed by atoms with E-state index >= 15 is 0 Å². The number of aryl methyl sites for hydroxylation is 1. The van der Waals surface area contributed by atoms with Crippen LogP contribution in [0.5, 0.6) is 0 Å². The molecule has 0 unspecified atom stereocenters. The zero-order valence-electron chi connectivity index (χ0n) is 10.5. The van der Waals surface area contributed by atoms with E-state index in [9.17, 15) is 0 Å². The Bertz CT molecular complexity index is 290. The van der Waals surface area contributed by atoms with E-state index in [-0.39, 0.29) is 0 Å². The molecule has 2 rings (SSSR count). The Labute approximate surface area is 100 Å². The molecule has 0 bridgehead atoms. The van der Waals surface area contributed by atoms with E-state index in [0.29, 0.717) is 0 Å². The molecule has 0 spiro atoms. The summed E-state index contributed by atoms with van der Waals surface area (Å²) in [4.78, 5) is 0. The van der Waals surface area contributed by atoms with E-state index in [4.69, 9.17) is 0 Å². The van der Waals surface area contributed by atoms with Gasteiger partial charge in [-0.2, -0.15) is 0 Å². The normalized spacial score (nSPS) is 17.6. The lowest BCUT2D eigenvalue weighted by Gasteiger charge is -2.21. The van der Waals surface area contributed by atoms with Gasteiger partial charge >= 0.3 is 0 Å². The highest BCUT2D eigenvalue weighted by atomic mass is 14.2. The first-order valence-electron chi connectivity index (χ1n) is 6.84. The highest BCUT2D eigenvalue weighted by molar-refractivity contribution is 5.33. The lowest BCUT2D eigenvalue weighted by Crippen LogP contribution is -2.05. The molecule has 0 atom stereocenters. The Hall–Kier alpha value is -0.780. The van der Waals surface area contributed by atoms with Gasteiger partial charge in [0.05, 0.1) is 0 Å². The van der Waals surface area contributed by atoms with Crippen molar-refractivity contribution in [2.24, 2.45) is 0 Å². The van der Waals surface area contributed by atoms with Crippen LogP contribution in [0, 0.1) is 5.92 Å². The van der Waals surface area contributed by atoms with Crippen LogP contribution in [0.3, 0.4) is 0 Å². The quantitative estimate of drug-likeness (QED) is 0.669. The monoisotopic (exact) mass is 215 g/mol. The Balaban J connectivity index is 1.95. The summed E-state index contributed by atoms with van der Waals surface area (Å²) in [6.45, 7) is 2.26. The fourth-order valence-corrected chi connectivity index (χ4v) is 2.56. The van der Waals surface area contributed by atoms with Crippen molar-refractivity contribution in [3.8, 4) is 0 Å². The number of hydrogen-bond acceptors (Lipinski definition) is 0. The van der Waals surface area contributed by atoms with Crippen LogP contribution in [0.15, 0.2) is 24.3 Å². The van der Waals surface area contributed by atoms with Gasteiger partial charge in [-0.25, -0.2) is 0 Å². The van der Waals surface area contributed by atoms with Crippen LogP contribution in [0.25, 0.3) is 0 Å². The number of benzene rings is 1. The van der Waals surface area contributed by atoms with E-state index < -0.39 is 0 Å². The van der Waals surface area contributed by atoms with E-state index in [0.717, 1.165) is 0 Å². The van der Waals surface area contributed by atoms with Gasteiger partial charge in [0.25, 0.3) is 0 Å². The Kier molecular flexibility index (Phi) is 4.44. The Morgan fingerprint density at radius 3 is 2.25 bits per heavy atom. The van der Waals surface area contributed by atoms with Gasteiger partial charge in [-0.1, -0.05) is 56.9 Å². The molecule has 0 amide bonds. The molecular weight excluding hydrogens is 192 g/mol. The standard InChI is InChI=1S/C16H23/c1-2-3-7-14-10-12-16(13-11-14)15-8-5-4-6-9-15/h10-13H,2-9H2,1H3. The molecule has 0 N–H and O–H groups in total. The second kappa shape index (κ2) is 6.08. The van der Waals surface area contributed by atoms with Crippen molar-refractivity contribution in [2.45, 2.75) is 58.3 Å². The lowest BCUT2D eigenvalue weighted by atomic mass is 9.84. The molecule has 0 aromatic heterocycles. The van der Waals surface area contributed by atoms with Crippen molar-refractivity contribution in [3.63, 3.8) is 0 Å². The minimum Gasteiger partial charge on any atom is -0.0654 e. The van der Waals surface area contributed by atoms with Crippen molar-refractivity contribution in [3.05, 3.63) is 41.3 Å². The summed E-state index contributed by atoms with van der Waals surface area (Å²) in [6.07, 6.45) is 10.7. The van der Waals surface area contributed by atoms with Crippen LogP contribution in [-0.4, -0.2) is 0 Å². The highest BCUT2D eigenvalue weighted by Gasteiger charge is 2.15. The van der Waals surface area contributed by atoms with E-state index in [2.05, 4.69) is 31.2 Å². The maximum absolute atomic E-state index is 2.34. The molecular formula is C16H23. The van der Waals surface area contributed by atoms with Gasteiger partial charge in [-0.05, 0) is 36.8 Å². The van der Waals surface area contributed by atoms with Gasteiger partial charge in [0.1, 0.15) is 0 Å². The average Bonchev–Trinajstić information content (AvgIpc) is 2.38. The first kappa shape index (κ1) is 11.7. The fourth-order valence-electron chi connectivity index (χ4n) is 2.56. The van der Waals surface area contributed by atoms with Crippen molar-refractivity contribution < 1.29 is 0 Å². The molecule has 87 valence electrons. The van der Waals surface area contributed by atoms with Crippen LogP contribution < -0.4 is 0 Å². The third-order valence-electron chi connectivity index (χ3n) is 3.64. The average molecular weight is 215 g/mol. The molecule has 1 aliphatic rings. The summed E-state index contributed by atoms with van der Waals surface area (Å²) < 4.78 is 0. The molecule has 0 nitrogen and oxygen atoms in total. The van der Waals surface area contributed by atoms with Gasteiger partial charge in [-0.15, -0.1) is 0 Å². The zero-order chi connectivity index (χ0) is 11.2. The highest BCUT2D eigenvalue weighted by Crippen LogP contribution is 2.31. The molecule has 0 heterocycles. The summed E-state index contributed by atoms with van der Waals surface area (Å²) in [7, 11) is 0. The second-order valence-corrected chi connectivity index (χ2v) is 4.96. The van der Waals surface area contributed by atoms with Gasteiger partial charge in [0.15, 0.2) is 0 Å². The summed E-state index contributed by atoms with van der Waals surface area (Å²) in [5, 5.41) is 0. The topological polar surface area (TPSA) is 0 Å². The first-order chi connectivity index (χ1) is 7.90. The SMILES string of the molecule is CCCCc1ccc([C]2CCCCC2)cc1. The molecule has 1 aromatic carbocycles. The summed E-state index contributed by atoms with van der Waals surface area (Å²) >= 11 is 0. The molecule has 1 radical (unpaired) electrons. The van der Waals surface area contributed by atoms with Gasteiger partial charge in [0, 0.05) is 5.92 Å². The summed E-state index contributed by atoms with van der Waals surface area (Å²) in [5.74, 6) is 1.69.